The zero-order chi connectivity index (χ0) is 16.5. The van der Waals surface area contributed by atoms with E-state index in [0.717, 1.165) is 28.3 Å². The molecule has 1 saturated heterocycles. The fourth-order valence-electron chi connectivity index (χ4n) is 3.03. The molecule has 0 aliphatic carbocycles. The van der Waals surface area contributed by atoms with Crippen molar-refractivity contribution < 1.29 is 4.79 Å². The van der Waals surface area contributed by atoms with E-state index in [-0.39, 0.29) is 11.9 Å². The van der Waals surface area contributed by atoms with Crippen molar-refractivity contribution in [2.45, 2.75) is 25.9 Å². The Balaban J connectivity index is 1.44. The second kappa shape index (κ2) is 6.24. The largest absolute Gasteiger partial charge is 0.350 e. The summed E-state index contributed by atoms with van der Waals surface area (Å²) in [5.74, 6) is 0.162. The fraction of sp³-hybridized carbons (Fsp3) is 0.263. The molecule has 1 aliphatic heterocycles. The van der Waals surface area contributed by atoms with E-state index in [2.05, 4.69) is 47.6 Å². The Morgan fingerprint density at radius 3 is 2.79 bits per heavy atom. The fourth-order valence-corrected chi connectivity index (χ4v) is 3.95. The molecule has 1 amide bonds. The molecule has 5 heteroatoms. The number of para-hydroxylation sites is 1. The molecule has 0 bridgehead atoms. The Morgan fingerprint density at radius 1 is 1.21 bits per heavy atom. The molecule has 1 fully saturated rings. The lowest BCUT2D eigenvalue weighted by atomic mass is 10.1. The molecule has 4 rings (SSSR count). The number of anilines is 1. The minimum atomic E-state index is -0.170. The number of hydrogen-bond donors (Lipinski definition) is 1. The number of hydrogen-bond acceptors (Lipinski definition) is 4. The molecule has 1 N–H and O–H groups in total. The second-order valence-electron chi connectivity index (χ2n) is 6.22. The Bertz CT molecular complexity index is 839. The zero-order valence-corrected chi connectivity index (χ0v) is 14.3. The molecule has 122 valence electrons. The average Bonchev–Trinajstić information content (AvgIpc) is 3.15. The first kappa shape index (κ1) is 15.1. The third-order valence-corrected chi connectivity index (χ3v) is 5.35. The monoisotopic (exact) mass is 337 g/mol. The minimum Gasteiger partial charge on any atom is -0.350 e. The maximum Gasteiger partial charge on any atom is 0.245 e. The van der Waals surface area contributed by atoms with E-state index in [1.165, 1.54) is 11.1 Å². The number of thiazole rings is 1. The molecule has 0 saturated carbocycles. The predicted molar refractivity (Wildman–Crippen MR) is 98.2 cm³/mol. The van der Waals surface area contributed by atoms with Crippen molar-refractivity contribution in [1.29, 1.82) is 0 Å². The van der Waals surface area contributed by atoms with Crippen molar-refractivity contribution in [2.24, 2.45) is 0 Å². The molecule has 24 heavy (non-hydrogen) atoms. The second-order valence-corrected chi connectivity index (χ2v) is 7.25. The highest BCUT2D eigenvalue weighted by Gasteiger charge is 2.32. The number of benzene rings is 2. The lowest BCUT2D eigenvalue weighted by Crippen LogP contribution is -2.33. The molecular weight excluding hydrogens is 318 g/mol. The molecular formula is C19H19N3OS. The van der Waals surface area contributed by atoms with Gasteiger partial charge in [-0.1, -0.05) is 53.3 Å². The first-order valence-electron chi connectivity index (χ1n) is 8.15. The van der Waals surface area contributed by atoms with Crippen molar-refractivity contribution >= 4 is 32.6 Å². The molecule has 0 spiro atoms. The quantitative estimate of drug-likeness (QED) is 0.787. The van der Waals surface area contributed by atoms with Gasteiger partial charge in [0.15, 0.2) is 5.13 Å². The molecule has 3 aromatic rings. The third kappa shape index (κ3) is 2.99. The molecule has 1 atom stereocenters. The molecule has 0 radical (unpaired) electrons. The number of amides is 1. The zero-order valence-electron chi connectivity index (χ0n) is 13.5. The van der Waals surface area contributed by atoms with Crippen molar-refractivity contribution in [1.82, 2.24) is 9.88 Å². The van der Waals surface area contributed by atoms with Crippen LogP contribution in [0, 0.1) is 6.92 Å². The van der Waals surface area contributed by atoms with Gasteiger partial charge in [-0.3, -0.25) is 4.79 Å². The number of aryl methyl sites for hydroxylation is 1. The average molecular weight is 337 g/mol. The topological polar surface area (TPSA) is 45.2 Å². The summed E-state index contributed by atoms with van der Waals surface area (Å²) >= 11 is 1.60. The van der Waals surface area contributed by atoms with Crippen LogP contribution in [0.15, 0.2) is 48.5 Å². The summed E-state index contributed by atoms with van der Waals surface area (Å²) in [6.07, 6.45) is 0.820. The Kier molecular flexibility index (Phi) is 3.94. The van der Waals surface area contributed by atoms with E-state index in [4.69, 9.17) is 0 Å². The van der Waals surface area contributed by atoms with Crippen molar-refractivity contribution in [3.05, 3.63) is 59.7 Å². The SMILES string of the molecule is Cc1ccc(CN2CCC(Nc3nc4ccccc4s3)C2=O)cc1. The van der Waals surface area contributed by atoms with E-state index in [1.807, 2.05) is 23.1 Å². The van der Waals surface area contributed by atoms with E-state index in [0.29, 0.717) is 6.54 Å². The number of carbonyl (C=O) groups is 1. The van der Waals surface area contributed by atoms with E-state index in [1.54, 1.807) is 11.3 Å². The van der Waals surface area contributed by atoms with Gasteiger partial charge in [-0.05, 0) is 31.0 Å². The van der Waals surface area contributed by atoms with Crippen molar-refractivity contribution in [3.8, 4) is 0 Å². The van der Waals surface area contributed by atoms with Crippen LogP contribution in [0.5, 0.6) is 0 Å². The van der Waals surface area contributed by atoms with Gasteiger partial charge in [0.05, 0.1) is 10.2 Å². The Hall–Kier alpha value is -2.40. The van der Waals surface area contributed by atoms with Gasteiger partial charge >= 0.3 is 0 Å². The summed E-state index contributed by atoms with van der Waals surface area (Å²) in [7, 11) is 0. The number of carbonyl (C=O) groups excluding carboxylic acids is 1. The van der Waals surface area contributed by atoms with Gasteiger partial charge in [0.1, 0.15) is 6.04 Å². The first-order valence-corrected chi connectivity index (χ1v) is 8.97. The molecule has 4 nitrogen and oxygen atoms in total. The highest BCUT2D eigenvalue weighted by atomic mass is 32.1. The predicted octanol–water partition coefficient (Wildman–Crippen LogP) is 3.82. The van der Waals surface area contributed by atoms with Crippen LogP contribution in [0.25, 0.3) is 10.2 Å². The minimum absolute atomic E-state index is 0.162. The molecule has 1 aliphatic rings. The Morgan fingerprint density at radius 2 is 2.00 bits per heavy atom. The van der Waals surface area contributed by atoms with Crippen LogP contribution in [0.1, 0.15) is 17.5 Å². The van der Waals surface area contributed by atoms with Crippen LogP contribution in [0.4, 0.5) is 5.13 Å². The first-order chi connectivity index (χ1) is 11.7. The normalized spacial score (nSPS) is 17.6. The summed E-state index contributed by atoms with van der Waals surface area (Å²) in [5.41, 5.74) is 3.39. The van der Waals surface area contributed by atoms with Gasteiger partial charge in [0, 0.05) is 13.1 Å². The standard InChI is InChI=1S/C19H19N3OS/c1-13-6-8-14(9-7-13)12-22-11-10-16(18(22)23)21-19-20-15-4-2-3-5-17(15)24-19/h2-9,16H,10-12H2,1H3,(H,20,21). The maximum absolute atomic E-state index is 12.6. The van der Waals surface area contributed by atoms with Crippen LogP contribution in [-0.4, -0.2) is 28.4 Å². The van der Waals surface area contributed by atoms with Gasteiger partial charge in [-0.25, -0.2) is 4.98 Å². The Labute approximate surface area is 145 Å². The van der Waals surface area contributed by atoms with Crippen LogP contribution >= 0.6 is 11.3 Å². The van der Waals surface area contributed by atoms with Crippen molar-refractivity contribution in [3.63, 3.8) is 0 Å². The van der Waals surface area contributed by atoms with E-state index in [9.17, 15) is 4.79 Å². The highest BCUT2D eigenvalue weighted by Crippen LogP contribution is 2.27. The summed E-state index contributed by atoms with van der Waals surface area (Å²) in [6, 6.07) is 16.2. The molecule has 1 unspecified atom stereocenters. The number of fused-ring (bicyclic) bond motifs is 1. The maximum atomic E-state index is 12.6. The van der Waals surface area contributed by atoms with Crippen LogP contribution in [0.3, 0.4) is 0 Å². The number of nitrogens with one attached hydrogen (secondary N) is 1. The molecule has 1 aromatic heterocycles. The summed E-state index contributed by atoms with van der Waals surface area (Å²) in [6.45, 7) is 3.54. The highest BCUT2D eigenvalue weighted by molar-refractivity contribution is 7.22. The summed E-state index contributed by atoms with van der Waals surface area (Å²) in [5, 5.41) is 4.15. The van der Waals surface area contributed by atoms with Gasteiger partial charge < -0.3 is 10.2 Å². The van der Waals surface area contributed by atoms with Gasteiger partial charge in [-0.2, -0.15) is 0 Å². The lowest BCUT2D eigenvalue weighted by molar-refractivity contribution is -0.128. The third-order valence-electron chi connectivity index (χ3n) is 4.38. The molecule has 2 aromatic carbocycles. The van der Waals surface area contributed by atoms with Crippen LogP contribution in [-0.2, 0) is 11.3 Å². The summed E-state index contributed by atoms with van der Waals surface area (Å²) in [4.78, 5) is 19.1. The molecule has 2 heterocycles. The van der Waals surface area contributed by atoms with Gasteiger partial charge in [0.25, 0.3) is 0 Å². The van der Waals surface area contributed by atoms with E-state index < -0.39 is 0 Å². The van der Waals surface area contributed by atoms with Gasteiger partial charge in [-0.15, -0.1) is 0 Å². The summed E-state index contributed by atoms with van der Waals surface area (Å²) < 4.78 is 1.14. The number of nitrogens with zero attached hydrogens (tertiary/aromatic N) is 2. The van der Waals surface area contributed by atoms with Crippen LogP contribution < -0.4 is 5.32 Å². The lowest BCUT2D eigenvalue weighted by Gasteiger charge is -2.17. The smallest absolute Gasteiger partial charge is 0.245 e. The van der Waals surface area contributed by atoms with Crippen molar-refractivity contribution in [2.75, 3.05) is 11.9 Å². The number of rotatable bonds is 4. The van der Waals surface area contributed by atoms with Gasteiger partial charge in [0.2, 0.25) is 5.91 Å². The number of aromatic nitrogens is 1. The number of likely N-dealkylation sites (tertiary alicyclic amines) is 1. The van der Waals surface area contributed by atoms with E-state index >= 15 is 0 Å². The van der Waals surface area contributed by atoms with Crippen LogP contribution in [0.2, 0.25) is 0 Å².